The minimum Gasteiger partial charge on any atom is -0.489 e. The molecule has 0 spiro atoms. The lowest BCUT2D eigenvalue weighted by Crippen LogP contribution is -2.00. The molecular weight excluding hydrogens is 311 g/mol. The van der Waals surface area contributed by atoms with E-state index in [1.54, 1.807) is 6.07 Å². The summed E-state index contributed by atoms with van der Waals surface area (Å²) in [6.45, 7) is 4.09. The Morgan fingerprint density at radius 1 is 1.14 bits per heavy atom. The maximum absolute atomic E-state index is 10.8. The van der Waals surface area contributed by atoms with Gasteiger partial charge in [0, 0.05) is 15.6 Å². The Bertz CT molecular complexity index is 673. The summed E-state index contributed by atoms with van der Waals surface area (Å²) in [4.78, 5) is 10.8. The fraction of sp³-hybridized carbons (Fsp3) is 0.188. The van der Waals surface area contributed by atoms with E-state index in [1.807, 2.05) is 26.0 Å². The molecule has 2 rings (SSSR count). The largest absolute Gasteiger partial charge is 0.489 e. The summed E-state index contributed by atoms with van der Waals surface area (Å²) in [5, 5.41) is 9.99. The van der Waals surface area contributed by atoms with Crippen LogP contribution < -0.4 is 4.74 Å². The minimum absolute atomic E-state index is 0.155. The molecule has 1 N–H and O–H groups in total. The number of aromatic carboxylic acids is 1. The third-order valence-corrected chi connectivity index (χ3v) is 4.05. The fourth-order valence-electron chi connectivity index (χ4n) is 1.95. The first-order chi connectivity index (χ1) is 9.88. The van der Waals surface area contributed by atoms with E-state index in [4.69, 9.17) is 33.0 Å². The highest BCUT2D eigenvalue weighted by Gasteiger charge is 2.09. The van der Waals surface area contributed by atoms with Crippen molar-refractivity contribution in [2.75, 3.05) is 0 Å². The standard InChI is InChI=1S/C16H14Cl2O3/c1-9-5-13(6-10(2)15(9)18)21-8-12-4-3-11(16(19)20)7-14(12)17/h3-7H,8H2,1-2H3,(H,19,20). The van der Waals surface area contributed by atoms with Gasteiger partial charge in [-0.25, -0.2) is 4.79 Å². The maximum atomic E-state index is 10.8. The van der Waals surface area contributed by atoms with Crippen LogP contribution in [0, 0.1) is 13.8 Å². The van der Waals surface area contributed by atoms with E-state index in [1.165, 1.54) is 12.1 Å². The Hall–Kier alpha value is -1.71. The van der Waals surface area contributed by atoms with Crippen LogP contribution in [0.3, 0.4) is 0 Å². The van der Waals surface area contributed by atoms with Crippen LogP contribution in [0.2, 0.25) is 10.0 Å². The van der Waals surface area contributed by atoms with Gasteiger partial charge in [0.25, 0.3) is 0 Å². The molecule has 0 aliphatic carbocycles. The number of carbonyl (C=O) groups is 1. The summed E-state index contributed by atoms with van der Waals surface area (Å²) in [5.41, 5.74) is 2.77. The number of carboxylic acid groups (broad SMARTS) is 1. The first-order valence-corrected chi connectivity index (χ1v) is 7.05. The number of benzene rings is 2. The topological polar surface area (TPSA) is 46.5 Å². The van der Waals surface area contributed by atoms with Crippen LogP contribution in [0.5, 0.6) is 5.75 Å². The van der Waals surface area contributed by atoms with Crippen LogP contribution >= 0.6 is 23.2 Å². The Morgan fingerprint density at radius 3 is 2.29 bits per heavy atom. The van der Waals surface area contributed by atoms with Crippen molar-refractivity contribution < 1.29 is 14.6 Å². The zero-order chi connectivity index (χ0) is 15.6. The van der Waals surface area contributed by atoms with E-state index in [0.717, 1.165) is 21.7 Å². The van der Waals surface area contributed by atoms with E-state index >= 15 is 0 Å². The quantitative estimate of drug-likeness (QED) is 0.871. The molecule has 0 aromatic heterocycles. The van der Waals surface area contributed by atoms with Crippen LogP contribution in [0.4, 0.5) is 0 Å². The number of ether oxygens (including phenoxy) is 1. The van der Waals surface area contributed by atoms with Gasteiger partial charge in [-0.3, -0.25) is 0 Å². The van der Waals surface area contributed by atoms with Crippen molar-refractivity contribution in [2.24, 2.45) is 0 Å². The average molecular weight is 325 g/mol. The van der Waals surface area contributed by atoms with Crippen molar-refractivity contribution in [3.8, 4) is 5.75 Å². The summed E-state index contributed by atoms with van der Waals surface area (Å²) in [7, 11) is 0. The van der Waals surface area contributed by atoms with Gasteiger partial charge in [-0.05, 0) is 49.2 Å². The van der Waals surface area contributed by atoms with Crippen molar-refractivity contribution in [1.29, 1.82) is 0 Å². The monoisotopic (exact) mass is 324 g/mol. The van der Waals surface area contributed by atoms with Gasteiger partial charge in [-0.2, -0.15) is 0 Å². The molecule has 21 heavy (non-hydrogen) atoms. The summed E-state index contributed by atoms with van der Waals surface area (Å²) < 4.78 is 5.70. The number of carboxylic acids is 1. The van der Waals surface area contributed by atoms with Crippen LogP contribution in [0.1, 0.15) is 27.0 Å². The number of hydrogen-bond donors (Lipinski definition) is 1. The normalized spacial score (nSPS) is 10.5. The Balaban J connectivity index is 2.15. The van der Waals surface area contributed by atoms with Crippen molar-refractivity contribution in [3.63, 3.8) is 0 Å². The lowest BCUT2D eigenvalue weighted by Gasteiger charge is -2.11. The lowest BCUT2D eigenvalue weighted by atomic mass is 10.1. The lowest BCUT2D eigenvalue weighted by molar-refractivity contribution is 0.0697. The van der Waals surface area contributed by atoms with Crippen molar-refractivity contribution in [1.82, 2.24) is 0 Å². The van der Waals surface area contributed by atoms with Gasteiger partial charge < -0.3 is 9.84 Å². The molecule has 2 aromatic carbocycles. The van der Waals surface area contributed by atoms with Crippen molar-refractivity contribution in [2.45, 2.75) is 20.5 Å². The fourth-order valence-corrected chi connectivity index (χ4v) is 2.29. The average Bonchev–Trinajstić information content (AvgIpc) is 2.43. The van der Waals surface area contributed by atoms with Gasteiger partial charge in [0.2, 0.25) is 0 Å². The minimum atomic E-state index is -1.01. The molecule has 5 heteroatoms. The molecule has 0 heterocycles. The molecule has 0 fully saturated rings. The molecule has 110 valence electrons. The van der Waals surface area contributed by atoms with Gasteiger partial charge in [0.05, 0.1) is 5.56 Å². The van der Waals surface area contributed by atoms with Crippen LogP contribution in [-0.4, -0.2) is 11.1 Å². The third kappa shape index (κ3) is 3.69. The summed E-state index contributed by atoms with van der Waals surface area (Å²) >= 11 is 12.2. The van der Waals surface area contributed by atoms with E-state index in [-0.39, 0.29) is 12.2 Å². The van der Waals surface area contributed by atoms with Crippen molar-refractivity contribution >= 4 is 29.2 Å². The zero-order valence-electron chi connectivity index (χ0n) is 11.6. The molecule has 2 aromatic rings. The molecule has 0 aliphatic heterocycles. The second kappa shape index (κ2) is 6.37. The molecule has 0 unspecified atom stereocenters. The number of hydrogen-bond acceptors (Lipinski definition) is 2. The van der Waals surface area contributed by atoms with Gasteiger partial charge >= 0.3 is 5.97 Å². The second-order valence-corrected chi connectivity index (χ2v) is 5.56. The number of aryl methyl sites for hydroxylation is 2. The highest BCUT2D eigenvalue weighted by molar-refractivity contribution is 6.32. The van der Waals surface area contributed by atoms with Gasteiger partial charge in [-0.1, -0.05) is 29.3 Å². The zero-order valence-corrected chi connectivity index (χ0v) is 13.1. The van der Waals surface area contributed by atoms with Crippen LogP contribution in [0.15, 0.2) is 30.3 Å². The smallest absolute Gasteiger partial charge is 0.335 e. The maximum Gasteiger partial charge on any atom is 0.335 e. The van der Waals surface area contributed by atoms with Gasteiger partial charge in [0.1, 0.15) is 12.4 Å². The molecule has 0 amide bonds. The number of rotatable bonds is 4. The van der Waals surface area contributed by atoms with Crippen LogP contribution in [0.25, 0.3) is 0 Å². The van der Waals surface area contributed by atoms with Gasteiger partial charge in [-0.15, -0.1) is 0 Å². The van der Waals surface area contributed by atoms with E-state index in [0.29, 0.717) is 10.8 Å². The van der Waals surface area contributed by atoms with E-state index < -0.39 is 5.97 Å². The predicted octanol–water partition coefficient (Wildman–Crippen LogP) is 4.89. The Labute approximate surface area is 133 Å². The SMILES string of the molecule is Cc1cc(OCc2ccc(C(=O)O)cc2Cl)cc(C)c1Cl. The van der Waals surface area contributed by atoms with E-state index in [2.05, 4.69) is 0 Å². The molecule has 0 saturated carbocycles. The molecule has 0 bridgehead atoms. The molecule has 0 atom stereocenters. The highest BCUT2D eigenvalue weighted by atomic mass is 35.5. The number of halogens is 2. The van der Waals surface area contributed by atoms with Crippen molar-refractivity contribution in [3.05, 3.63) is 62.6 Å². The highest BCUT2D eigenvalue weighted by Crippen LogP contribution is 2.27. The molecule has 0 saturated heterocycles. The second-order valence-electron chi connectivity index (χ2n) is 4.77. The third-order valence-electron chi connectivity index (χ3n) is 3.10. The molecule has 3 nitrogen and oxygen atoms in total. The first-order valence-electron chi connectivity index (χ1n) is 6.29. The summed E-state index contributed by atoms with van der Waals surface area (Å²) in [6, 6.07) is 8.29. The Morgan fingerprint density at radius 2 is 1.76 bits per heavy atom. The molecular formula is C16H14Cl2O3. The van der Waals surface area contributed by atoms with Gasteiger partial charge in [0.15, 0.2) is 0 Å². The molecule has 0 aliphatic rings. The predicted molar refractivity (Wildman–Crippen MR) is 83.7 cm³/mol. The Kier molecular flexibility index (Phi) is 4.76. The first kappa shape index (κ1) is 15.7. The molecule has 0 radical (unpaired) electrons. The summed E-state index contributed by atoms with van der Waals surface area (Å²) in [5.74, 6) is -0.305. The summed E-state index contributed by atoms with van der Waals surface area (Å²) in [6.07, 6.45) is 0. The van der Waals surface area contributed by atoms with Crippen LogP contribution in [-0.2, 0) is 6.61 Å². The van der Waals surface area contributed by atoms with E-state index in [9.17, 15) is 4.79 Å².